The van der Waals surface area contributed by atoms with Gasteiger partial charge in [0.05, 0.1) is 11.8 Å². The smallest absolute Gasteiger partial charge is 0.252 e. The van der Waals surface area contributed by atoms with Gasteiger partial charge in [0.1, 0.15) is 0 Å². The second kappa shape index (κ2) is 6.71. The van der Waals surface area contributed by atoms with Crippen LogP contribution < -0.4 is 15.6 Å². The third-order valence-electron chi connectivity index (χ3n) is 3.00. The van der Waals surface area contributed by atoms with E-state index < -0.39 is 10.0 Å². The summed E-state index contributed by atoms with van der Waals surface area (Å²) in [5.74, 6) is -0.360. The summed E-state index contributed by atoms with van der Waals surface area (Å²) in [6.45, 7) is 0.553. The zero-order valence-corrected chi connectivity index (χ0v) is 12.9. The third kappa shape index (κ3) is 4.40. The summed E-state index contributed by atoms with van der Waals surface area (Å²) < 4.78 is 24.1. The van der Waals surface area contributed by atoms with Crippen molar-refractivity contribution in [2.75, 3.05) is 19.3 Å². The molecule has 1 heterocycles. The summed E-state index contributed by atoms with van der Waals surface area (Å²) in [7, 11) is -3.22. The third-order valence-corrected chi connectivity index (χ3v) is 3.73. The molecule has 1 aromatic heterocycles. The first-order chi connectivity index (χ1) is 10.4. The number of hydrogen-bond acceptors (Lipinski definition) is 4. The molecule has 0 aliphatic heterocycles. The lowest BCUT2D eigenvalue weighted by molar-refractivity contribution is 0.0955. The SMILES string of the molecule is CS(=O)(=O)NCCCNC(=O)c1cc(=O)[nH]c2ccccc12. The fourth-order valence-electron chi connectivity index (χ4n) is 2.04. The Hall–Kier alpha value is -2.19. The van der Waals surface area contributed by atoms with Crippen LogP contribution in [-0.4, -0.2) is 38.7 Å². The van der Waals surface area contributed by atoms with Crippen molar-refractivity contribution in [1.82, 2.24) is 15.0 Å². The number of para-hydroxylation sites is 1. The summed E-state index contributed by atoms with van der Waals surface area (Å²) in [6, 6.07) is 8.30. The maximum absolute atomic E-state index is 12.2. The summed E-state index contributed by atoms with van der Waals surface area (Å²) in [5, 5.41) is 3.34. The molecule has 22 heavy (non-hydrogen) atoms. The van der Waals surface area contributed by atoms with Gasteiger partial charge in [0, 0.05) is 30.1 Å². The van der Waals surface area contributed by atoms with Crippen LogP contribution in [0.25, 0.3) is 10.9 Å². The van der Waals surface area contributed by atoms with Gasteiger partial charge in [-0.1, -0.05) is 18.2 Å². The lowest BCUT2D eigenvalue weighted by atomic mass is 10.1. The topological polar surface area (TPSA) is 108 Å². The van der Waals surface area contributed by atoms with Crippen LogP contribution in [0.1, 0.15) is 16.8 Å². The largest absolute Gasteiger partial charge is 0.352 e. The highest BCUT2D eigenvalue weighted by Gasteiger charge is 2.11. The molecule has 0 aliphatic rings. The number of aromatic nitrogens is 1. The van der Waals surface area contributed by atoms with E-state index in [0.29, 0.717) is 29.4 Å². The van der Waals surface area contributed by atoms with E-state index in [1.165, 1.54) is 6.07 Å². The summed E-state index contributed by atoms with van der Waals surface area (Å²) >= 11 is 0. The number of carbonyl (C=O) groups is 1. The van der Waals surface area contributed by atoms with Gasteiger partial charge in [0.25, 0.3) is 5.91 Å². The number of fused-ring (bicyclic) bond motifs is 1. The molecule has 0 saturated heterocycles. The van der Waals surface area contributed by atoms with E-state index in [1.54, 1.807) is 24.3 Å². The number of nitrogens with one attached hydrogen (secondary N) is 3. The Morgan fingerprint density at radius 1 is 1.23 bits per heavy atom. The van der Waals surface area contributed by atoms with Crippen LogP contribution in [0.5, 0.6) is 0 Å². The molecule has 7 nitrogen and oxygen atoms in total. The van der Waals surface area contributed by atoms with E-state index in [0.717, 1.165) is 6.26 Å². The van der Waals surface area contributed by atoms with Crippen LogP contribution in [0.3, 0.4) is 0 Å². The molecule has 0 bridgehead atoms. The summed E-state index contributed by atoms with van der Waals surface area (Å²) in [5.41, 5.74) is 0.553. The molecule has 2 aromatic rings. The number of pyridine rings is 1. The molecule has 8 heteroatoms. The number of H-pyrrole nitrogens is 1. The van der Waals surface area contributed by atoms with Crippen molar-refractivity contribution in [3.05, 3.63) is 46.2 Å². The van der Waals surface area contributed by atoms with Gasteiger partial charge in [0.2, 0.25) is 15.6 Å². The lowest BCUT2D eigenvalue weighted by Crippen LogP contribution is -2.30. The second-order valence-electron chi connectivity index (χ2n) is 4.87. The number of aromatic amines is 1. The average Bonchev–Trinajstić information content (AvgIpc) is 2.44. The van der Waals surface area contributed by atoms with Crippen molar-refractivity contribution in [2.24, 2.45) is 0 Å². The van der Waals surface area contributed by atoms with Crippen molar-refractivity contribution in [2.45, 2.75) is 6.42 Å². The minimum absolute atomic E-state index is 0.245. The Kier molecular flexibility index (Phi) is 4.94. The van der Waals surface area contributed by atoms with Gasteiger partial charge >= 0.3 is 0 Å². The molecule has 0 saturated carbocycles. The molecule has 0 fully saturated rings. The fraction of sp³-hybridized carbons (Fsp3) is 0.286. The molecular formula is C14H17N3O4S. The molecule has 0 radical (unpaired) electrons. The van der Waals surface area contributed by atoms with Gasteiger partial charge in [-0.3, -0.25) is 9.59 Å². The quantitative estimate of drug-likeness (QED) is 0.660. The van der Waals surface area contributed by atoms with Crippen LogP contribution in [0.15, 0.2) is 35.1 Å². The number of carbonyl (C=O) groups excluding carboxylic acids is 1. The number of hydrogen-bond donors (Lipinski definition) is 3. The van der Waals surface area contributed by atoms with Crippen molar-refractivity contribution >= 4 is 26.8 Å². The maximum Gasteiger partial charge on any atom is 0.252 e. The second-order valence-corrected chi connectivity index (χ2v) is 6.70. The Morgan fingerprint density at radius 2 is 1.95 bits per heavy atom. The van der Waals surface area contributed by atoms with Crippen LogP contribution >= 0.6 is 0 Å². The zero-order valence-electron chi connectivity index (χ0n) is 12.0. The number of sulfonamides is 1. The van der Waals surface area contributed by atoms with Crippen LogP contribution in [0.2, 0.25) is 0 Å². The van der Waals surface area contributed by atoms with Gasteiger partial charge in [0.15, 0.2) is 0 Å². The average molecular weight is 323 g/mol. The first-order valence-electron chi connectivity index (χ1n) is 6.72. The number of benzene rings is 1. The van der Waals surface area contributed by atoms with E-state index >= 15 is 0 Å². The monoisotopic (exact) mass is 323 g/mol. The minimum Gasteiger partial charge on any atom is -0.352 e. The van der Waals surface area contributed by atoms with Crippen molar-refractivity contribution in [3.63, 3.8) is 0 Å². The van der Waals surface area contributed by atoms with E-state index in [-0.39, 0.29) is 18.0 Å². The molecular weight excluding hydrogens is 306 g/mol. The van der Waals surface area contributed by atoms with Crippen LogP contribution in [-0.2, 0) is 10.0 Å². The van der Waals surface area contributed by atoms with Gasteiger partial charge in [-0.05, 0) is 12.5 Å². The highest BCUT2D eigenvalue weighted by atomic mass is 32.2. The van der Waals surface area contributed by atoms with Crippen molar-refractivity contribution < 1.29 is 13.2 Å². The Labute approximate surface area is 127 Å². The minimum atomic E-state index is -3.22. The van der Waals surface area contributed by atoms with E-state index in [1.807, 2.05) is 0 Å². The fourth-order valence-corrected chi connectivity index (χ4v) is 2.55. The maximum atomic E-state index is 12.2. The molecule has 0 aliphatic carbocycles. The first-order valence-corrected chi connectivity index (χ1v) is 8.61. The highest BCUT2D eigenvalue weighted by molar-refractivity contribution is 7.88. The summed E-state index contributed by atoms with van der Waals surface area (Å²) in [4.78, 5) is 26.4. The number of amides is 1. The first kappa shape index (κ1) is 16.2. The van der Waals surface area contributed by atoms with Gasteiger partial charge < -0.3 is 10.3 Å². The van der Waals surface area contributed by atoms with Crippen LogP contribution in [0, 0.1) is 0 Å². The molecule has 1 amide bonds. The lowest BCUT2D eigenvalue weighted by Gasteiger charge is -2.08. The Balaban J connectivity index is 2.03. The van der Waals surface area contributed by atoms with Crippen LogP contribution in [0.4, 0.5) is 0 Å². The van der Waals surface area contributed by atoms with Gasteiger partial charge in [-0.15, -0.1) is 0 Å². The molecule has 0 atom stereocenters. The molecule has 1 aromatic carbocycles. The molecule has 0 unspecified atom stereocenters. The van der Waals surface area contributed by atoms with Gasteiger partial charge in [-0.2, -0.15) is 0 Å². The summed E-state index contributed by atoms with van der Waals surface area (Å²) in [6.07, 6.45) is 1.54. The van der Waals surface area contributed by atoms with Crippen molar-refractivity contribution in [1.29, 1.82) is 0 Å². The molecule has 2 rings (SSSR count). The zero-order chi connectivity index (χ0) is 16.2. The van der Waals surface area contributed by atoms with Gasteiger partial charge in [-0.25, -0.2) is 13.1 Å². The Bertz CT molecular complexity index is 843. The predicted octanol–water partition coefficient (Wildman–Crippen LogP) is 0.197. The molecule has 0 spiro atoms. The molecule has 3 N–H and O–H groups in total. The van der Waals surface area contributed by atoms with E-state index in [4.69, 9.17) is 0 Å². The molecule has 118 valence electrons. The van der Waals surface area contributed by atoms with E-state index in [2.05, 4.69) is 15.0 Å². The van der Waals surface area contributed by atoms with E-state index in [9.17, 15) is 18.0 Å². The number of rotatable bonds is 6. The standard InChI is InChI=1S/C14H17N3O4S/c1-22(20,21)16-8-4-7-15-14(19)11-9-13(18)17-12-6-3-2-5-10(11)12/h2-3,5-6,9,16H,4,7-8H2,1H3,(H,15,19)(H,17,18). The Morgan fingerprint density at radius 3 is 2.68 bits per heavy atom. The highest BCUT2D eigenvalue weighted by Crippen LogP contribution is 2.14. The normalized spacial score (nSPS) is 11.5. The predicted molar refractivity (Wildman–Crippen MR) is 84.4 cm³/mol. The van der Waals surface area contributed by atoms with Crippen molar-refractivity contribution in [3.8, 4) is 0 Å².